The summed E-state index contributed by atoms with van der Waals surface area (Å²) in [7, 11) is -1.61. The summed E-state index contributed by atoms with van der Waals surface area (Å²) in [5, 5.41) is 2.97. The van der Waals surface area contributed by atoms with Gasteiger partial charge in [0.25, 0.3) is 0 Å². The van der Waals surface area contributed by atoms with Gasteiger partial charge in [-0.3, -0.25) is 4.90 Å². The predicted octanol–water partition coefficient (Wildman–Crippen LogP) is 1.49. The summed E-state index contributed by atoms with van der Waals surface area (Å²) in [6.45, 7) is 4.66. The Labute approximate surface area is 121 Å². The monoisotopic (exact) mass is 297 g/mol. The first kappa shape index (κ1) is 15.3. The minimum atomic E-state index is -3.41. The van der Waals surface area contributed by atoms with Gasteiger partial charge in [0.15, 0.2) is 0 Å². The first-order valence-corrected chi connectivity index (χ1v) is 8.53. The quantitative estimate of drug-likeness (QED) is 0.835. The lowest BCUT2D eigenvalue weighted by atomic mass is 10.3. The van der Waals surface area contributed by atoms with Crippen molar-refractivity contribution in [1.82, 2.24) is 9.62 Å². The molecule has 1 fully saturated rings. The average Bonchev–Trinajstić information content (AvgIpc) is 2.99. The van der Waals surface area contributed by atoms with Crippen LogP contribution in [0.3, 0.4) is 0 Å². The van der Waals surface area contributed by atoms with Crippen LogP contribution in [0.25, 0.3) is 0 Å². The summed E-state index contributed by atoms with van der Waals surface area (Å²) < 4.78 is 27.1. The third kappa shape index (κ3) is 3.71. The average molecular weight is 297 g/mol. The van der Waals surface area contributed by atoms with E-state index in [-0.39, 0.29) is 6.04 Å². The highest BCUT2D eigenvalue weighted by molar-refractivity contribution is 7.89. The first-order valence-electron chi connectivity index (χ1n) is 7.04. The van der Waals surface area contributed by atoms with Crippen LogP contribution in [-0.2, 0) is 10.0 Å². The van der Waals surface area contributed by atoms with Crippen LogP contribution in [0.1, 0.15) is 19.8 Å². The number of hydrogen-bond donors (Lipinski definition) is 2. The van der Waals surface area contributed by atoms with Crippen LogP contribution in [0.4, 0.5) is 5.69 Å². The highest BCUT2D eigenvalue weighted by atomic mass is 32.2. The van der Waals surface area contributed by atoms with E-state index < -0.39 is 10.0 Å². The van der Waals surface area contributed by atoms with Crippen LogP contribution < -0.4 is 10.0 Å². The van der Waals surface area contributed by atoms with E-state index in [4.69, 9.17) is 0 Å². The Hall–Kier alpha value is -1.11. The van der Waals surface area contributed by atoms with E-state index in [1.165, 1.54) is 12.8 Å². The zero-order valence-electron chi connectivity index (χ0n) is 12.1. The molecule has 112 valence electrons. The van der Waals surface area contributed by atoms with Gasteiger partial charge in [-0.1, -0.05) is 0 Å². The highest BCUT2D eigenvalue weighted by Crippen LogP contribution is 2.14. The molecule has 1 aliphatic heterocycles. The molecule has 1 aliphatic rings. The van der Waals surface area contributed by atoms with E-state index in [9.17, 15) is 8.42 Å². The van der Waals surface area contributed by atoms with E-state index in [0.29, 0.717) is 11.4 Å². The van der Waals surface area contributed by atoms with E-state index in [1.807, 2.05) is 0 Å². The maximum atomic E-state index is 12.2. The van der Waals surface area contributed by atoms with Gasteiger partial charge in [-0.15, -0.1) is 0 Å². The Morgan fingerprint density at radius 1 is 1.20 bits per heavy atom. The van der Waals surface area contributed by atoms with E-state index in [0.717, 1.165) is 18.8 Å². The van der Waals surface area contributed by atoms with Crippen LogP contribution in [0.15, 0.2) is 29.2 Å². The molecule has 1 atom stereocenters. The Morgan fingerprint density at radius 3 is 2.35 bits per heavy atom. The topological polar surface area (TPSA) is 61.4 Å². The Morgan fingerprint density at radius 2 is 1.80 bits per heavy atom. The second-order valence-corrected chi connectivity index (χ2v) is 6.99. The summed E-state index contributed by atoms with van der Waals surface area (Å²) in [6.07, 6.45) is 2.42. The molecular formula is C14H23N3O2S. The van der Waals surface area contributed by atoms with Crippen molar-refractivity contribution in [3.63, 3.8) is 0 Å². The molecule has 1 heterocycles. The van der Waals surface area contributed by atoms with Crippen LogP contribution in [0, 0.1) is 0 Å². The fourth-order valence-electron chi connectivity index (χ4n) is 2.43. The molecule has 5 nitrogen and oxygen atoms in total. The standard InChI is InChI=1S/C14H23N3O2S/c1-12(17-9-3-4-10-17)11-16-20(18,19)14-7-5-13(15-2)6-8-14/h5-8,12,15-16H,3-4,9-11H2,1-2H3. The molecule has 1 saturated heterocycles. The van der Waals surface area contributed by atoms with Gasteiger partial charge in [-0.25, -0.2) is 13.1 Å². The molecule has 0 bridgehead atoms. The van der Waals surface area contributed by atoms with Gasteiger partial charge in [0.2, 0.25) is 10.0 Å². The number of benzene rings is 1. The number of nitrogens with zero attached hydrogens (tertiary/aromatic N) is 1. The normalized spacial score (nSPS) is 18.1. The molecule has 0 radical (unpaired) electrons. The third-order valence-electron chi connectivity index (χ3n) is 3.79. The van der Waals surface area contributed by atoms with Gasteiger partial charge >= 0.3 is 0 Å². The SMILES string of the molecule is CNc1ccc(S(=O)(=O)NCC(C)N2CCCC2)cc1. The summed E-state index contributed by atoms with van der Waals surface area (Å²) in [5.41, 5.74) is 0.898. The van der Waals surface area contributed by atoms with Gasteiger partial charge in [-0.2, -0.15) is 0 Å². The largest absolute Gasteiger partial charge is 0.388 e. The van der Waals surface area contributed by atoms with Crippen LogP contribution in [0.2, 0.25) is 0 Å². The van der Waals surface area contributed by atoms with Crippen molar-refractivity contribution >= 4 is 15.7 Å². The maximum absolute atomic E-state index is 12.2. The molecule has 0 spiro atoms. The molecule has 6 heteroatoms. The molecule has 0 amide bonds. The lowest BCUT2D eigenvalue weighted by Gasteiger charge is -2.23. The van der Waals surface area contributed by atoms with Gasteiger partial charge in [-0.05, 0) is 57.1 Å². The molecule has 20 heavy (non-hydrogen) atoms. The maximum Gasteiger partial charge on any atom is 0.240 e. The van der Waals surface area contributed by atoms with Crippen molar-refractivity contribution < 1.29 is 8.42 Å². The molecule has 1 unspecified atom stereocenters. The van der Waals surface area contributed by atoms with E-state index in [1.54, 1.807) is 31.3 Å². The van der Waals surface area contributed by atoms with Crippen molar-refractivity contribution in [2.75, 3.05) is 32.0 Å². The minimum absolute atomic E-state index is 0.240. The first-order chi connectivity index (χ1) is 9.53. The molecule has 1 aromatic rings. The lowest BCUT2D eigenvalue weighted by Crippen LogP contribution is -2.40. The zero-order valence-corrected chi connectivity index (χ0v) is 12.9. The van der Waals surface area contributed by atoms with Crippen molar-refractivity contribution in [3.8, 4) is 0 Å². The Balaban J connectivity index is 1.95. The van der Waals surface area contributed by atoms with Gasteiger partial charge in [0.1, 0.15) is 0 Å². The van der Waals surface area contributed by atoms with Gasteiger partial charge in [0, 0.05) is 25.3 Å². The second-order valence-electron chi connectivity index (χ2n) is 5.22. The molecule has 0 saturated carbocycles. The minimum Gasteiger partial charge on any atom is -0.388 e. The fourth-order valence-corrected chi connectivity index (χ4v) is 3.55. The molecular weight excluding hydrogens is 274 g/mol. The number of anilines is 1. The number of sulfonamides is 1. The summed E-state index contributed by atoms with van der Waals surface area (Å²) in [6, 6.07) is 7.00. The van der Waals surface area contributed by atoms with Crippen LogP contribution in [0.5, 0.6) is 0 Å². The molecule has 1 aromatic carbocycles. The van der Waals surface area contributed by atoms with Gasteiger partial charge in [0.05, 0.1) is 4.90 Å². The summed E-state index contributed by atoms with van der Waals surface area (Å²) in [4.78, 5) is 2.64. The highest BCUT2D eigenvalue weighted by Gasteiger charge is 2.20. The van der Waals surface area contributed by atoms with Crippen molar-refractivity contribution in [2.45, 2.75) is 30.7 Å². The number of rotatable bonds is 6. The van der Waals surface area contributed by atoms with Crippen LogP contribution >= 0.6 is 0 Å². The zero-order chi connectivity index (χ0) is 14.6. The summed E-state index contributed by atoms with van der Waals surface area (Å²) in [5.74, 6) is 0. The van der Waals surface area contributed by atoms with Crippen molar-refractivity contribution in [2.24, 2.45) is 0 Å². The number of nitrogens with one attached hydrogen (secondary N) is 2. The molecule has 0 aliphatic carbocycles. The fraction of sp³-hybridized carbons (Fsp3) is 0.571. The second kappa shape index (κ2) is 6.56. The molecule has 2 rings (SSSR count). The third-order valence-corrected chi connectivity index (χ3v) is 5.23. The van der Waals surface area contributed by atoms with E-state index >= 15 is 0 Å². The smallest absolute Gasteiger partial charge is 0.240 e. The predicted molar refractivity (Wildman–Crippen MR) is 81.4 cm³/mol. The van der Waals surface area contributed by atoms with E-state index in [2.05, 4.69) is 21.9 Å². The van der Waals surface area contributed by atoms with Crippen LogP contribution in [-0.4, -0.2) is 46.0 Å². The van der Waals surface area contributed by atoms with Gasteiger partial charge < -0.3 is 5.32 Å². The molecule has 0 aromatic heterocycles. The number of hydrogen-bond acceptors (Lipinski definition) is 4. The number of likely N-dealkylation sites (tertiary alicyclic amines) is 1. The Bertz CT molecular complexity index is 522. The summed E-state index contributed by atoms with van der Waals surface area (Å²) >= 11 is 0. The van der Waals surface area contributed by atoms with Crippen molar-refractivity contribution in [1.29, 1.82) is 0 Å². The molecule has 2 N–H and O–H groups in total. The lowest BCUT2D eigenvalue weighted by molar-refractivity contribution is 0.260. The van der Waals surface area contributed by atoms with Crippen molar-refractivity contribution in [3.05, 3.63) is 24.3 Å². The Kier molecular flexibility index (Phi) is 5.01.